The second-order valence-corrected chi connectivity index (χ2v) is 8.41. The van der Waals surface area contributed by atoms with E-state index in [1.165, 1.54) is 11.1 Å². The van der Waals surface area contributed by atoms with Crippen molar-refractivity contribution in [1.82, 2.24) is 4.90 Å². The molecule has 2 aromatic carbocycles. The summed E-state index contributed by atoms with van der Waals surface area (Å²) in [5.41, 5.74) is 2.77. The zero-order chi connectivity index (χ0) is 20.9. The highest BCUT2D eigenvalue weighted by Gasteiger charge is 2.31. The lowest BCUT2D eigenvalue weighted by molar-refractivity contribution is -0.124. The highest BCUT2D eigenvalue weighted by molar-refractivity contribution is 8.03. The normalized spacial score (nSPS) is 17.2. The minimum absolute atomic E-state index is 0.131. The van der Waals surface area contributed by atoms with Gasteiger partial charge in [0.2, 0.25) is 0 Å². The molecule has 156 valence electrons. The summed E-state index contributed by atoms with van der Waals surface area (Å²) >= 11 is 1.76. The topological polar surface area (TPSA) is 40.5 Å². The van der Waals surface area contributed by atoms with Crippen molar-refractivity contribution in [3.05, 3.63) is 83.3 Å². The highest BCUT2D eigenvalue weighted by Crippen LogP contribution is 2.31. The van der Waals surface area contributed by atoms with E-state index in [0.717, 1.165) is 49.3 Å². The zero-order valence-corrected chi connectivity index (χ0v) is 18.2. The van der Waals surface area contributed by atoms with Crippen molar-refractivity contribution in [3.8, 4) is 0 Å². The van der Waals surface area contributed by atoms with Gasteiger partial charge in [0.25, 0.3) is 0 Å². The predicted octanol–water partition coefficient (Wildman–Crippen LogP) is 5.10. The molecule has 0 aromatic heterocycles. The van der Waals surface area contributed by atoms with Crippen LogP contribution in [0.2, 0.25) is 0 Å². The Morgan fingerprint density at radius 3 is 2.34 bits per heavy atom. The first kappa shape index (κ1) is 23.4. The number of likely N-dealkylation sites (tertiary alicyclic amines) is 1. The standard InChI is InChI=1S/C17H23NO2S.C8H10/c1-14(16-10-5-11-18(16)17(20)13-19)21-12-6-9-15-7-3-2-4-8-15;1-2-8-6-4-3-5-7-8/h2-4,7-8,13,16-17,20H,1,5-6,9-12H2;3-7H,2H2,1H3/t16-,17?;/m0./s1. The van der Waals surface area contributed by atoms with Gasteiger partial charge in [-0.15, -0.1) is 11.8 Å². The van der Waals surface area contributed by atoms with Crippen molar-refractivity contribution < 1.29 is 9.90 Å². The summed E-state index contributed by atoms with van der Waals surface area (Å²) in [6.45, 7) is 7.08. The van der Waals surface area contributed by atoms with Crippen LogP contribution in [0.3, 0.4) is 0 Å². The minimum Gasteiger partial charge on any atom is -0.371 e. The molecule has 3 rings (SSSR count). The maximum absolute atomic E-state index is 10.7. The Morgan fingerprint density at radius 2 is 1.79 bits per heavy atom. The van der Waals surface area contributed by atoms with Gasteiger partial charge >= 0.3 is 0 Å². The van der Waals surface area contributed by atoms with E-state index in [4.69, 9.17) is 0 Å². The second kappa shape index (κ2) is 13.4. The van der Waals surface area contributed by atoms with Gasteiger partial charge in [0.15, 0.2) is 12.5 Å². The van der Waals surface area contributed by atoms with E-state index >= 15 is 0 Å². The summed E-state index contributed by atoms with van der Waals surface area (Å²) < 4.78 is 0. The molecule has 2 atom stereocenters. The van der Waals surface area contributed by atoms with Gasteiger partial charge in [-0.05, 0) is 53.9 Å². The number of aldehydes is 1. The summed E-state index contributed by atoms with van der Waals surface area (Å²) in [5, 5.41) is 9.70. The lowest BCUT2D eigenvalue weighted by Gasteiger charge is -2.27. The van der Waals surface area contributed by atoms with E-state index in [1.54, 1.807) is 11.8 Å². The Balaban J connectivity index is 0.000000313. The molecule has 1 aliphatic rings. The number of benzene rings is 2. The highest BCUT2D eigenvalue weighted by atomic mass is 32.2. The third-order valence-corrected chi connectivity index (χ3v) is 6.25. The Bertz CT molecular complexity index is 720. The smallest absolute Gasteiger partial charge is 0.164 e. The van der Waals surface area contributed by atoms with Gasteiger partial charge in [-0.2, -0.15) is 0 Å². The van der Waals surface area contributed by atoms with Gasteiger partial charge in [0, 0.05) is 12.6 Å². The number of rotatable bonds is 9. The van der Waals surface area contributed by atoms with Crippen LogP contribution < -0.4 is 0 Å². The van der Waals surface area contributed by atoms with Crippen molar-refractivity contribution in [2.75, 3.05) is 12.3 Å². The number of thioether (sulfide) groups is 1. The predicted molar refractivity (Wildman–Crippen MR) is 124 cm³/mol. The number of aryl methyl sites for hydroxylation is 2. The summed E-state index contributed by atoms with van der Waals surface area (Å²) in [4.78, 5) is 13.7. The number of aliphatic hydroxyl groups is 1. The monoisotopic (exact) mass is 411 g/mol. The van der Waals surface area contributed by atoms with Crippen LogP contribution in [-0.2, 0) is 17.6 Å². The zero-order valence-electron chi connectivity index (χ0n) is 17.4. The van der Waals surface area contributed by atoms with E-state index in [-0.39, 0.29) is 6.04 Å². The van der Waals surface area contributed by atoms with Crippen LogP contribution in [0.15, 0.2) is 72.1 Å². The van der Waals surface area contributed by atoms with Gasteiger partial charge in [-0.1, -0.05) is 74.2 Å². The molecule has 29 heavy (non-hydrogen) atoms. The first-order valence-electron chi connectivity index (χ1n) is 10.4. The molecule has 1 N–H and O–H groups in total. The van der Waals surface area contributed by atoms with Crippen molar-refractivity contribution in [2.45, 2.75) is 51.3 Å². The second-order valence-electron chi connectivity index (χ2n) is 7.19. The number of nitrogens with zero attached hydrogens (tertiary/aromatic N) is 1. The number of carbonyl (C=O) groups is 1. The van der Waals surface area contributed by atoms with E-state index in [9.17, 15) is 9.90 Å². The molecule has 0 bridgehead atoms. The van der Waals surface area contributed by atoms with Gasteiger partial charge in [-0.25, -0.2) is 0 Å². The average molecular weight is 412 g/mol. The van der Waals surface area contributed by atoms with Crippen LogP contribution in [0.1, 0.15) is 37.3 Å². The molecule has 0 spiro atoms. The number of aliphatic hydroxyl groups excluding tert-OH is 1. The molecule has 1 fully saturated rings. The number of hydrogen-bond donors (Lipinski definition) is 1. The Hall–Kier alpha value is -1.88. The Morgan fingerprint density at radius 1 is 1.17 bits per heavy atom. The fourth-order valence-corrected chi connectivity index (χ4v) is 4.46. The van der Waals surface area contributed by atoms with Crippen LogP contribution in [0, 0.1) is 0 Å². The van der Waals surface area contributed by atoms with Crippen LogP contribution in [0.4, 0.5) is 0 Å². The molecule has 3 nitrogen and oxygen atoms in total. The fraction of sp³-hybridized carbons (Fsp3) is 0.400. The number of hydrogen-bond acceptors (Lipinski definition) is 4. The lowest BCUT2D eigenvalue weighted by atomic mass is 10.1. The summed E-state index contributed by atoms with van der Waals surface area (Å²) in [7, 11) is 0. The molecule has 0 saturated carbocycles. The SMILES string of the molecule is C=C(SCCCc1ccccc1)[C@@H]1CCCN1C(O)C=O.CCc1ccccc1. The quantitative estimate of drug-likeness (QED) is 0.460. The van der Waals surface area contributed by atoms with E-state index in [2.05, 4.69) is 62.0 Å². The maximum Gasteiger partial charge on any atom is 0.164 e. The molecule has 4 heteroatoms. The van der Waals surface area contributed by atoms with E-state index < -0.39 is 6.23 Å². The van der Waals surface area contributed by atoms with Crippen LogP contribution in [-0.4, -0.2) is 40.9 Å². The van der Waals surface area contributed by atoms with Crippen molar-refractivity contribution in [1.29, 1.82) is 0 Å². The Labute approximate surface area is 179 Å². The van der Waals surface area contributed by atoms with Crippen LogP contribution in [0.5, 0.6) is 0 Å². The first-order valence-corrected chi connectivity index (χ1v) is 11.4. The first-order chi connectivity index (χ1) is 14.2. The summed E-state index contributed by atoms with van der Waals surface area (Å²) in [6.07, 6.45) is 4.93. The molecule has 0 aliphatic carbocycles. The van der Waals surface area contributed by atoms with Gasteiger partial charge < -0.3 is 5.11 Å². The Kier molecular flexibility index (Phi) is 10.8. The largest absolute Gasteiger partial charge is 0.371 e. The summed E-state index contributed by atoms with van der Waals surface area (Å²) in [6, 6.07) is 21.1. The third kappa shape index (κ3) is 8.17. The third-order valence-electron chi connectivity index (χ3n) is 5.12. The molecule has 2 aromatic rings. The summed E-state index contributed by atoms with van der Waals surface area (Å²) in [5.74, 6) is 1.02. The van der Waals surface area contributed by atoms with Crippen molar-refractivity contribution in [3.63, 3.8) is 0 Å². The maximum atomic E-state index is 10.7. The van der Waals surface area contributed by atoms with Gasteiger partial charge in [0.05, 0.1) is 0 Å². The molecule has 0 amide bonds. The van der Waals surface area contributed by atoms with Crippen LogP contribution in [0.25, 0.3) is 0 Å². The molecule has 1 saturated heterocycles. The van der Waals surface area contributed by atoms with Gasteiger partial charge in [-0.3, -0.25) is 9.69 Å². The van der Waals surface area contributed by atoms with Crippen molar-refractivity contribution >= 4 is 18.0 Å². The molecule has 1 aliphatic heterocycles. The van der Waals surface area contributed by atoms with Crippen molar-refractivity contribution in [2.24, 2.45) is 0 Å². The average Bonchev–Trinajstić information content (AvgIpc) is 3.28. The minimum atomic E-state index is -0.987. The molecular formula is C25H33NO2S. The molecular weight excluding hydrogens is 378 g/mol. The van der Waals surface area contributed by atoms with Gasteiger partial charge in [0.1, 0.15) is 0 Å². The fourth-order valence-electron chi connectivity index (χ4n) is 3.46. The lowest BCUT2D eigenvalue weighted by Crippen LogP contribution is -2.40. The molecule has 1 unspecified atom stereocenters. The van der Waals surface area contributed by atoms with E-state index in [1.807, 2.05) is 17.0 Å². The van der Waals surface area contributed by atoms with E-state index in [0.29, 0.717) is 6.29 Å². The molecule has 1 heterocycles. The van der Waals surface area contributed by atoms with Crippen LogP contribution >= 0.6 is 11.8 Å². The number of carbonyl (C=O) groups excluding carboxylic acids is 1. The molecule has 0 radical (unpaired) electrons.